The zero-order valence-corrected chi connectivity index (χ0v) is 14.6. The van der Waals surface area contributed by atoms with Gasteiger partial charge in [0.2, 0.25) is 11.9 Å². The Morgan fingerprint density at radius 3 is 2.60 bits per heavy atom. The molecule has 0 bridgehead atoms. The van der Waals surface area contributed by atoms with Crippen molar-refractivity contribution in [2.75, 3.05) is 5.32 Å². The van der Waals surface area contributed by atoms with Crippen LogP contribution in [0.1, 0.15) is 51.0 Å². The fourth-order valence-electron chi connectivity index (χ4n) is 3.21. The highest BCUT2D eigenvalue weighted by Crippen LogP contribution is 2.36. The van der Waals surface area contributed by atoms with Gasteiger partial charge in [0.1, 0.15) is 0 Å². The molecule has 1 saturated carbocycles. The third-order valence-corrected chi connectivity index (χ3v) is 5.16. The van der Waals surface area contributed by atoms with E-state index in [9.17, 15) is 4.79 Å². The van der Waals surface area contributed by atoms with Crippen LogP contribution in [0.4, 0.5) is 5.95 Å². The zero-order valence-electron chi connectivity index (χ0n) is 13.1. The molecule has 7 heteroatoms. The highest BCUT2D eigenvalue weighted by molar-refractivity contribution is 6.42. The van der Waals surface area contributed by atoms with Gasteiger partial charge in [-0.15, -0.1) is 5.10 Å². The number of nitrogens with zero attached hydrogens (tertiary/aromatic N) is 3. The minimum Gasteiger partial charge on any atom is -0.293 e. The fraction of sp³-hybridized carbons (Fsp3) is 0.444. The molecule has 1 aromatic carbocycles. The second-order valence-electron chi connectivity index (χ2n) is 6.07. The minimum atomic E-state index is -0.313. The number of aromatic nitrogens is 3. The van der Waals surface area contributed by atoms with Crippen LogP contribution >= 0.6 is 23.2 Å². The van der Waals surface area contributed by atoms with E-state index in [2.05, 4.69) is 20.5 Å². The summed E-state index contributed by atoms with van der Waals surface area (Å²) < 4.78 is 0. The van der Waals surface area contributed by atoms with Gasteiger partial charge in [-0.05, 0) is 30.0 Å². The van der Waals surface area contributed by atoms with Gasteiger partial charge in [0.15, 0.2) is 0 Å². The molecule has 1 aromatic heterocycles. The number of rotatable bonds is 5. The van der Waals surface area contributed by atoms with Crippen molar-refractivity contribution in [3.8, 4) is 0 Å². The molecule has 1 fully saturated rings. The average molecular weight is 381 g/mol. The Hall–Kier alpha value is -1.72. The second-order valence-corrected chi connectivity index (χ2v) is 6.88. The highest BCUT2D eigenvalue weighted by Gasteiger charge is 2.27. The molecular formula is C18H22Cl2N4O. The van der Waals surface area contributed by atoms with Gasteiger partial charge in [0, 0.05) is 0 Å². The number of anilines is 1. The molecule has 1 aliphatic rings. The first-order valence-electron chi connectivity index (χ1n) is 8.03. The number of halogens is 2. The lowest BCUT2D eigenvalue weighted by atomic mass is 9.87. The molecule has 134 valence electrons. The summed E-state index contributed by atoms with van der Waals surface area (Å²) in [7, 11) is 0. The van der Waals surface area contributed by atoms with Crippen LogP contribution in [0.5, 0.6) is 0 Å². The summed E-state index contributed by atoms with van der Waals surface area (Å²) in [5.74, 6) is 0.295. The molecule has 2 aromatic rings. The Morgan fingerprint density at radius 1 is 1.20 bits per heavy atom. The van der Waals surface area contributed by atoms with Crippen molar-refractivity contribution < 1.29 is 4.79 Å². The molecule has 3 rings (SSSR count). The lowest BCUT2D eigenvalue weighted by Crippen LogP contribution is -2.24. The first-order valence-corrected chi connectivity index (χ1v) is 8.78. The van der Waals surface area contributed by atoms with E-state index in [0.29, 0.717) is 16.0 Å². The Bertz CT molecular complexity index is 705. The predicted octanol–water partition coefficient (Wildman–Crippen LogP) is 5.12. The molecule has 0 aliphatic heterocycles. The number of carbonyl (C=O) groups excluding carboxylic acids is 1. The fourth-order valence-corrected chi connectivity index (χ4v) is 3.51. The van der Waals surface area contributed by atoms with Gasteiger partial charge in [-0.3, -0.25) is 10.1 Å². The Labute approximate surface area is 158 Å². The zero-order chi connectivity index (χ0) is 16.9. The third kappa shape index (κ3) is 5.13. The van der Waals surface area contributed by atoms with Crippen molar-refractivity contribution in [3.05, 3.63) is 46.2 Å². The summed E-state index contributed by atoms with van der Waals surface area (Å²) in [6.07, 6.45) is 8.52. The normalized spacial score (nSPS) is 15.4. The molecule has 5 nitrogen and oxygen atoms in total. The van der Waals surface area contributed by atoms with Gasteiger partial charge in [0.25, 0.3) is 0 Å². The molecule has 25 heavy (non-hydrogen) atoms. The summed E-state index contributed by atoms with van der Waals surface area (Å²) in [6, 6.07) is 5.36. The van der Waals surface area contributed by atoms with E-state index in [1.165, 1.54) is 25.2 Å². The Kier molecular flexibility index (Phi) is 7.14. The molecule has 1 N–H and O–H groups in total. The van der Waals surface area contributed by atoms with Crippen LogP contribution in [-0.4, -0.2) is 21.1 Å². The van der Waals surface area contributed by atoms with Gasteiger partial charge in [-0.1, -0.05) is 62.4 Å². The third-order valence-electron chi connectivity index (χ3n) is 4.42. The molecule has 1 heterocycles. The maximum Gasteiger partial charge on any atom is 0.249 e. The van der Waals surface area contributed by atoms with Crippen LogP contribution in [0.25, 0.3) is 0 Å². The second kappa shape index (κ2) is 9.11. The number of carbonyl (C=O) groups is 1. The van der Waals surface area contributed by atoms with E-state index in [1.54, 1.807) is 12.1 Å². The smallest absolute Gasteiger partial charge is 0.249 e. The predicted molar refractivity (Wildman–Crippen MR) is 101 cm³/mol. The van der Waals surface area contributed by atoms with Gasteiger partial charge >= 0.3 is 0 Å². The summed E-state index contributed by atoms with van der Waals surface area (Å²) in [6.45, 7) is 0. The largest absolute Gasteiger partial charge is 0.293 e. The first-order chi connectivity index (χ1) is 11.6. The van der Waals surface area contributed by atoms with Crippen LogP contribution in [0.15, 0.2) is 30.6 Å². The van der Waals surface area contributed by atoms with Crippen molar-refractivity contribution >= 4 is 35.1 Å². The van der Waals surface area contributed by atoms with Gasteiger partial charge < -0.3 is 0 Å². The number of nitrogens with one attached hydrogen (secondary N) is 1. The topological polar surface area (TPSA) is 67.8 Å². The summed E-state index contributed by atoms with van der Waals surface area (Å²) in [4.78, 5) is 16.8. The maximum absolute atomic E-state index is 12.8. The van der Waals surface area contributed by atoms with Gasteiger partial charge in [0.05, 0.1) is 28.4 Å². The van der Waals surface area contributed by atoms with E-state index < -0.39 is 0 Å². The van der Waals surface area contributed by atoms with Crippen LogP contribution in [-0.2, 0) is 4.79 Å². The molecule has 1 unspecified atom stereocenters. The van der Waals surface area contributed by atoms with E-state index in [4.69, 9.17) is 23.2 Å². The SMILES string of the molecule is C.O=C(Nc1nccnn1)C(CC1CCCC1)c1ccc(Cl)c(Cl)c1. The van der Waals surface area contributed by atoms with Crippen LogP contribution in [0.2, 0.25) is 10.0 Å². The van der Waals surface area contributed by atoms with Crippen molar-refractivity contribution in [1.29, 1.82) is 0 Å². The lowest BCUT2D eigenvalue weighted by molar-refractivity contribution is -0.118. The molecule has 0 radical (unpaired) electrons. The van der Waals surface area contributed by atoms with Crippen molar-refractivity contribution in [1.82, 2.24) is 15.2 Å². The maximum atomic E-state index is 12.8. The molecule has 0 saturated heterocycles. The highest BCUT2D eigenvalue weighted by atomic mass is 35.5. The molecule has 1 amide bonds. The minimum absolute atomic E-state index is 0. The monoisotopic (exact) mass is 380 g/mol. The van der Waals surface area contributed by atoms with Crippen molar-refractivity contribution in [3.63, 3.8) is 0 Å². The van der Waals surface area contributed by atoms with Crippen molar-refractivity contribution in [2.24, 2.45) is 5.92 Å². The van der Waals surface area contributed by atoms with E-state index in [0.717, 1.165) is 24.8 Å². The van der Waals surface area contributed by atoms with E-state index in [1.807, 2.05) is 6.07 Å². The average Bonchev–Trinajstić information content (AvgIpc) is 3.09. The van der Waals surface area contributed by atoms with Crippen LogP contribution in [0.3, 0.4) is 0 Å². The molecule has 1 aliphatic carbocycles. The quantitative estimate of drug-likeness (QED) is 0.781. The van der Waals surface area contributed by atoms with Crippen LogP contribution in [0, 0.1) is 5.92 Å². The number of hydrogen-bond donors (Lipinski definition) is 1. The van der Waals surface area contributed by atoms with E-state index >= 15 is 0 Å². The summed E-state index contributed by atoms with van der Waals surface area (Å²) in [5, 5.41) is 11.2. The van der Waals surface area contributed by atoms with Crippen molar-refractivity contribution in [2.45, 2.75) is 45.4 Å². The summed E-state index contributed by atoms with van der Waals surface area (Å²) in [5.41, 5.74) is 0.859. The lowest BCUT2D eigenvalue weighted by Gasteiger charge is -2.20. The van der Waals surface area contributed by atoms with Crippen LogP contribution < -0.4 is 5.32 Å². The number of amides is 1. The van der Waals surface area contributed by atoms with E-state index in [-0.39, 0.29) is 25.2 Å². The number of hydrogen-bond acceptors (Lipinski definition) is 4. The van der Waals surface area contributed by atoms with Gasteiger partial charge in [-0.25, -0.2) is 4.98 Å². The molecule has 1 atom stereocenters. The summed E-state index contributed by atoms with van der Waals surface area (Å²) >= 11 is 12.1. The molecular weight excluding hydrogens is 359 g/mol. The first kappa shape index (κ1) is 19.6. The standard InChI is InChI=1S/C17H18Cl2N4O.CH4/c18-14-6-5-12(10-15(14)19)13(9-11-3-1-2-4-11)16(24)22-17-20-7-8-21-23-17;/h5-8,10-11,13H,1-4,9H2,(H,20,22,23,24);1H4. The van der Waals surface area contributed by atoms with Gasteiger partial charge in [-0.2, -0.15) is 5.10 Å². The Morgan fingerprint density at radius 2 is 1.96 bits per heavy atom. The number of benzene rings is 1. The molecule has 0 spiro atoms. The Balaban J connectivity index is 0.00000225.